The Labute approximate surface area is 185 Å². The van der Waals surface area contributed by atoms with Gasteiger partial charge in [0.1, 0.15) is 0 Å². The zero-order valence-electron chi connectivity index (χ0n) is 20.4. The lowest BCUT2D eigenvalue weighted by Crippen LogP contribution is -2.04. The van der Waals surface area contributed by atoms with Crippen molar-refractivity contribution in [1.29, 1.82) is 0 Å². The van der Waals surface area contributed by atoms with Crippen molar-refractivity contribution in [2.24, 2.45) is 0 Å². The number of aliphatic hydroxyl groups excluding tert-OH is 1. The highest BCUT2D eigenvalue weighted by atomic mass is 16.3. The van der Waals surface area contributed by atoms with Crippen LogP contribution in [0.25, 0.3) is 0 Å². The zero-order chi connectivity index (χ0) is 21.3. The molecule has 0 aromatic rings. The molecule has 0 aromatic heterocycles. The van der Waals surface area contributed by atoms with Crippen LogP contribution >= 0.6 is 0 Å². The molecule has 0 bridgehead atoms. The molecule has 0 spiro atoms. The van der Waals surface area contributed by atoms with Gasteiger partial charge in [0.15, 0.2) is 0 Å². The van der Waals surface area contributed by atoms with E-state index in [9.17, 15) is 5.11 Å². The van der Waals surface area contributed by atoms with Gasteiger partial charge in [-0.05, 0) is 25.7 Å². The molecular formula is C28H56O. The van der Waals surface area contributed by atoms with Crippen LogP contribution in [0.4, 0.5) is 0 Å². The summed E-state index contributed by atoms with van der Waals surface area (Å²) in [6.07, 6.45) is 35.2. The van der Waals surface area contributed by atoms with Gasteiger partial charge < -0.3 is 5.11 Å². The van der Waals surface area contributed by atoms with E-state index in [1.54, 1.807) is 0 Å². The minimum absolute atomic E-state index is 0.117. The van der Waals surface area contributed by atoms with Crippen molar-refractivity contribution in [3.8, 4) is 0 Å². The molecule has 0 radical (unpaired) electrons. The second kappa shape index (κ2) is 25.7. The normalized spacial score (nSPS) is 12.8. The summed E-state index contributed by atoms with van der Waals surface area (Å²) in [4.78, 5) is 0. The third-order valence-electron chi connectivity index (χ3n) is 6.19. The Hall–Kier alpha value is -0.300. The Bertz CT molecular complexity index is 309. The summed E-state index contributed by atoms with van der Waals surface area (Å²) in [5.74, 6) is 0. The lowest BCUT2D eigenvalue weighted by Gasteiger charge is -2.07. The van der Waals surface area contributed by atoms with Crippen molar-refractivity contribution < 1.29 is 5.11 Å². The summed E-state index contributed by atoms with van der Waals surface area (Å²) < 4.78 is 0. The van der Waals surface area contributed by atoms with Crippen molar-refractivity contribution in [3.63, 3.8) is 0 Å². The highest BCUT2D eigenvalue weighted by molar-refractivity contribution is 4.84. The minimum Gasteiger partial charge on any atom is -0.393 e. The number of rotatable bonds is 24. The van der Waals surface area contributed by atoms with Gasteiger partial charge in [0.2, 0.25) is 0 Å². The van der Waals surface area contributed by atoms with E-state index < -0.39 is 0 Å². The van der Waals surface area contributed by atoms with Gasteiger partial charge in [-0.15, -0.1) is 0 Å². The minimum atomic E-state index is -0.117. The molecule has 0 saturated heterocycles. The first-order valence-electron chi connectivity index (χ1n) is 13.6. The Morgan fingerprint density at radius 1 is 0.483 bits per heavy atom. The molecule has 1 heteroatoms. The number of hydrogen-bond donors (Lipinski definition) is 1. The summed E-state index contributed by atoms with van der Waals surface area (Å²) >= 11 is 0. The molecule has 0 amide bonds. The van der Waals surface area contributed by atoms with Gasteiger partial charge in [-0.1, -0.05) is 148 Å². The Kier molecular flexibility index (Phi) is 25.5. The molecule has 0 rings (SSSR count). The van der Waals surface area contributed by atoms with Gasteiger partial charge in [0.05, 0.1) is 6.10 Å². The SMILES string of the molecule is CCCCCCC=CCC(O)CCCCCCCCCCCCCCCCCC. The molecule has 1 atom stereocenters. The van der Waals surface area contributed by atoms with Crippen LogP contribution in [-0.4, -0.2) is 11.2 Å². The quantitative estimate of drug-likeness (QED) is 0.124. The number of aliphatic hydroxyl groups is 1. The third kappa shape index (κ3) is 25.7. The average Bonchev–Trinajstić information content (AvgIpc) is 2.72. The van der Waals surface area contributed by atoms with E-state index in [-0.39, 0.29) is 6.10 Å². The molecule has 0 saturated carbocycles. The summed E-state index contributed by atoms with van der Waals surface area (Å²) in [5, 5.41) is 10.1. The van der Waals surface area contributed by atoms with Crippen LogP contribution in [0.3, 0.4) is 0 Å². The molecule has 0 heterocycles. The predicted octanol–water partition coefficient (Wildman–Crippen LogP) is 9.92. The van der Waals surface area contributed by atoms with E-state index >= 15 is 0 Å². The van der Waals surface area contributed by atoms with Gasteiger partial charge in [-0.2, -0.15) is 0 Å². The summed E-state index contributed by atoms with van der Waals surface area (Å²) in [6, 6.07) is 0. The molecule has 0 aliphatic carbocycles. The third-order valence-corrected chi connectivity index (χ3v) is 6.19. The molecule has 1 unspecified atom stereocenters. The van der Waals surface area contributed by atoms with Crippen LogP contribution in [0.2, 0.25) is 0 Å². The van der Waals surface area contributed by atoms with Crippen LogP contribution in [-0.2, 0) is 0 Å². The summed E-state index contributed by atoms with van der Waals surface area (Å²) in [7, 11) is 0. The van der Waals surface area contributed by atoms with Crippen molar-refractivity contribution in [3.05, 3.63) is 12.2 Å². The lowest BCUT2D eigenvalue weighted by atomic mass is 10.0. The van der Waals surface area contributed by atoms with E-state index in [1.165, 1.54) is 135 Å². The Morgan fingerprint density at radius 3 is 1.31 bits per heavy atom. The summed E-state index contributed by atoms with van der Waals surface area (Å²) in [5.41, 5.74) is 0. The van der Waals surface area contributed by atoms with E-state index in [1.807, 2.05) is 0 Å². The van der Waals surface area contributed by atoms with Crippen molar-refractivity contribution in [2.45, 2.75) is 168 Å². The van der Waals surface area contributed by atoms with Crippen LogP contribution in [0.15, 0.2) is 12.2 Å². The molecule has 0 aliphatic rings. The van der Waals surface area contributed by atoms with Crippen molar-refractivity contribution >= 4 is 0 Å². The fraction of sp³-hybridized carbons (Fsp3) is 0.929. The van der Waals surface area contributed by atoms with Gasteiger partial charge in [-0.3, -0.25) is 0 Å². The largest absolute Gasteiger partial charge is 0.393 e. The molecule has 0 aromatic carbocycles. The van der Waals surface area contributed by atoms with Gasteiger partial charge >= 0.3 is 0 Å². The smallest absolute Gasteiger partial charge is 0.0574 e. The van der Waals surface area contributed by atoms with Gasteiger partial charge in [0.25, 0.3) is 0 Å². The van der Waals surface area contributed by atoms with Crippen LogP contribution in [0.5, 0.6) is 0 Å². The second-order valence-corrected chi connectivity index (χ2v) is 9.30. The fourth-order valence-corrected chi connectivity index (χ4v) is 4.11. The maximum Gasteiger partial charge on any atom is 0.0574 e. The first-order valence-corrected chi connectivity index (χ1v) is 13.6. The highest BCUT2D eigenvalue weighted by Gasteiger charge is 2.01. The second-order valence-electron chi connectivity index (χ2n) is 9.30. The monoisotopic (exact) mass is 408 g/mol. The zero-order valence-corrected chi connectivity index (χ0v) is 20.4. The predicted molar refractivity (Wildman–Crippen MR) is 133 cm³/mol. The highest BCUT2D eigenvalue weighted by Crippen LogP contribution is 2.15. The maximum atomic E-state index is 10.1. The Morgan fingerprint density at radius 2 is 0.862 bits per heavy atom. The van der Waals surface area contributed by atoms with Crippen LogP contribution in [0.1, 0.15) is 162 Å². The number of allylic oxidation sites excluding steroid dienone is 1. The molecule has 29 heavy (non-hydrogen) atoms. The lowest BCUT2D eigenvalue weighted by molar-refractivity contribution is 0.163. The summed E-state index contributed by atoms with van der Waals surface area (Å²) in [6.45, 7) is 4.55. The van der Waals surface area contributed by atoms with Crippen LogP contribution < -0.4 is 0 Å². The van der Waals surface area contributed by atoms with E-state index in [2.05, 4.69) is 26.0 Å². The molecule has 0 fully saturated rings. The maximum absolute atomic E-state index is 10.1. The fourth-order valence-electron chi connectivity index (χ4n) is 4.11. The van der Waals surface area contributed by atoms with E-state index in [0.717, 1.165) is 12.8 Å². The molecule has 1 N–H and O–H groups in total. The molecule has 174 valence electrons. The van der Waals surface area contributed by atoms with E-state index in [0.29, 0.717) is 0 Å². The number of unbranched alkanes of at least 4 members (excludes halogenated alkanes) is 19. The van der Waals surface area contributed by atoms with Crippen molar-refractivity contribution in [2.75, 3.05) is 0 Å². The molecule has 1 nitrogen and oxygen atoms in total. The van der Waals surface area contributed by atoms with Crippen molar-refractivity contribution in [1.82, 2.24) is 0 Å². The first kappa shape index (κ1) is 28.7. The number of hydrogen-bond acceptors (Lipinski definition) is 1. The van der Waals surface area contributed by atoms with Gasteiger partial charge in [0, 0.05) is 0 Å². The van der Waals surface area contributed by atoms with Gasteiger partial charge in [-0.25, -0.2) is 0 Å². The standard InChI is InChI=1S/C28H56O/c1-3-5-7-9-11-12-13-14-15-16-17-18-19-21-23-25-27-28(29)26-24-22-20-10-8-6-4-2/h22,24,28-29H,3-21,23,25-27H2,1-2H3. The first-order chi connectivity index (χ1) is 14.3. The van der Waals surface area contributed by atoms with Crippen LogP contribution in [0, 0.1) is 0 Å². The van der Waals surface area contributed by atoms with E-state index in [4.69, 9.17) is 0 Å². The molecule has 0 aliphatic heterocycles. The molecular weight excluding hydrogens is 352 g/mol. The topological polar surface area (TPSA) is 20.2 Å². The average molecular weight is 409 g/mol. The Balaban J connectivity index is 3.16.